The van der Waals surface area contributed by atoms with Crippen molar-refractivity contribution in [2.75, 3.05) is 49.8 Å². The number of aryl methyl sites for hydroxylation is 1. The van der Waals surface area contributed by atoms with Crippen molar-refractivity contribution in [1.29, 1.82) is 0 Å². The Labute approximate surface area is 188 Å². The molecule has 158 valence electrons. The van der Waals surface area contributed by atoms with E-state index in [1.165, 1.54) is 16.7 Å². The first-order chi connectivity index (χ1) is 14.5. The van der Waals surface area contributed by atoms with E-state index in [2.05, 4.69) is 4.90 Å². The number of hydrogen-bond acceptors (Lipinski definition) is 8. The molecule has 7 nitrogen and oxygen atoms in total. The number of amides is 1. The first-order valence-electron chi connectivity index (χ1n) is 9.60. The number of aromatic nitrogens is 2. The van der Waals surface area contributed by atoms with Gasteiger partial charge in [0.2, 0.25) is 0 Å². The molecule has 0 spiro atoms. The summed E-state index contributed by atoms with van der Waals surface area (Å²) in [5.74, 6) is 2.40. The molecule has 0 bridgehead atoms. The fourth-order valence-electron chi connectivity index (χ4n) is 3.45. The average Bonchev–Trinajstić information content (AvgIpc) is 3.02. The number of carbonyl (C=O) groups excluding carboxylic acids is 1. The second kappa shape index (κ2) is 9.09. The minimum absolute atomic E-state index is 0.181. The van der Waals surface area contributed by atoms with E-state index in [0.717, 1.165) is 30.2 Å². The topological polar surface area (TPSA) is 67.2 Å². The van der Waals surface area contributed by atoms with Gasteiger partial charge in [0.15, 0.2) is 0 Å². The maximum absolute atomic E-state index is 13.4. The summed E-state index contributed by atoms with van der Waals surface area (Å²) in [4.78, 5) is 35.3. The molecule has 2 aromatic heterocycles. The summed E-state index contributed by atoms with van der Waals surface area (Å²) < 4.78 is 7.10. The van der Waals surface area contributed by atoms with Crippen molar-refractivity contribution in [3.63, 3.8) is 0 Å². The van der Waals surface area contributed by atoms with Gasteiger partial charge in [-0.2, -0.15) is 11.8 Å². The van der Waals surface area contributed by atoms with Gasteiger partial charge in [-0.05, 0) is 24.6 Å². The van der Waals surface area contributed by atoms with E-state index in [0.29, 0.717) is 39.4 Å². The zero-order chi connectivity index (χ0) is 21.3. The molecule has 0 unspecified atom stereocenters. The molecule has 0 saturated carbocycles. The van der Waals surface area contributed by atoms with Gasteiger partial charge in [0.1, 0.15) is 15.8 Å². The number of ether oxygens (including phenoxy) is 1. The molecule has 1 amide bonds. The lowest BCUT2D eigenvalue weighted by molar-refractivity contribution is -0.122. The Bertz CT molecular complexity index is 1090. The maximum Gasteiger partial charge on any atom is 0.267 e. The van der Waals surface area contributed by atoms with Gasteiger partial charge in [0.05, 0.1) is 23.6 Å². The predicted molar refractivity (Wildman–Crippen MR) is 127 cm³/mol. The monoisotopic (exact) mass is 462 g/mol. The lowest BCUT2D eigenvalue weighted by Crippen LogP contribution is -2.36. The number of nitrogens with zero attached hydrogens (tertiary/aromatic N) is 4. The molecule has 0 N–H and O–H groups in total. The fraction of sp³-hybridized carbons (Fsp3) is 0.400. The van der Waals surface area contributed by atoms with Gasteiger partial charge in [-0.3, -0.25) is 18.9 Å². The molecule has 0 atom stereocenters. The molecule has 0 aliphatic carbocycles. The average molecular weight is 463 g/mol. The third-order valence-corrected chi connectivity index (χ3v) is 7.36. The van der Waals surface area contributed by atoms with Crippen LogP contribution in [0.4, 0.5) is 5.82 Å². The van der Waals surface area contributed by atoms with E-state index in [9.17, 15) is 9.59 Å². The standard InChI is InChI=1S/C20H22N4O3S3/c1-13-4-3-5-23-16(13)21-17(22-7-10-29-11-8-22)14(18(23)25)12-15-19(26)24(6-9-27-2)20(28)30-15/h3-5,12H,6-11H2,1-2H3/b15-12-. The highest BCUT2D eigenvalue weighted by molar-refractivity contribution is 8.26. The van der Waals surface area contributed by atoms with Crippen LogP contribution in [-0.4, -0.2) is 69.4 Å². The molecule has 30 heavy (non-hydrogen) atoms. The SMILES string of the molecule is COCCN1C(=O)/C(=C/c2c(N3CCSCC3)nc3c(C)cccn3c2=O)SC1=S. The Morgan fingerprint density at radius 3 is 2.80 bits per heavy atom. The Morgan fingerprint density at radius 1 is 1.30 bits per heavy atom. The number of hydrogen-bond donors (Lipinski definition) is 0. The number of rotatable bonds is 5. The molecule has 10 heteroatoms. The Kier molecular flexibility index (Phi) is 6.47. The fourth-order valence-corrected chi connectivity index (χ4v) is 5.64. The third-order valence-electron chi connectivity index (χ3n) is 5.04. The van der Waals surface area contributed by atoms with Crippen LogP contribution in [0, 0.1) is 6.92 Å². The number of thioether (sulfide) groups is 2. The van der Waals surface area contributed by atoms with Crippen LogP contribution in [-0.2, 0) is 9.53 Å². The lowest BCUT2D eigenvalue weighted by atomic mass is 10.2. The van der Waals surface area contributed by atoms with Crippen LogP contribution in [0.15, 0.2) is 28.0 Å². The Hall–Kier alpha value is -1.88. The van der Waals surface area contributed by atoms with Gasteiger partial charge in [-0.1, -0.05) is 30.0 Å². The van der Waals surface area contributed by atoms with Crippen LogP contribution in [0.5, 0.6) is 0 Å². The number of carbonyl (C=O) groups is 1. The highest BCUT2D eigenvalue weighted by Crippen LogP contribution is 2.33. The van der Waals surface area contributed by atoms with Gasteiger partial charge in [0, 0.05) is 37.9 Å². The number of anilines is 1. The highest BCUT2D eigenvalue weighted by Gasteiger charge is 2.32. The van der Waals surface area contributed by atoms with E-state index in [1.54, 1.807) is 23.8 Å². The summed E-state index contributed by atoms with van der Waals surface area (Å²) in [6.45, 7) is 4.36. The molecule has 4 heterocycles. The van der Waals surface area contributed by atoms with Gasteiger partial charge in [0.25, 0.3) is 11.5 Å². The lowest BCUT2D eigenvalue weighted by Gasteiger charge is -2.28. The molecule has 2 saturated heterocycles. The first kappa shape index (κ1) is 21.4. The van der Waals surface area contributed by atoms with E-state index < -0.39 is 0 Å². The summed E-state index contributed by atoms with van der Waals surface area (Å²) in [6.07, 6.45) is 3.38. The van der Waals surface area contributed by atoms with Crippen LogP contribution in [0.2, 0.25) is 0 Å². The quantitative estimate of drug-likeness (QED) is 0.496. The van der Waals surface area contributed by atoms with Gasteiger partial charge in [-0.25, -0.2) is 4.98 Å². The minimum atomic E-state index is -0.198. The van der Waals surface area contributed by atoms with Gasteiger partial charge < -0.3 is 9.64 Å². The zero-order valence-corrected chi connectivity index (χ0v) is 19.2. The van der Waals surface area contributed by atoms with E-state index >= 15 is 0 Å². The van der Waals surface area contributed by atoms with Crippen molar-refractivity contribution in [3.05, 3.63) is 44.7 Å². The summed E-state index contributed by atoms with van der Waals surface area (Å²) in [5, 5.41) is 0. The van der Waals surface area contributed by atoms with Crippen molar-refractivity contribution < 1.29 is 9.53 Å². The summed E-state index contributed by atoms with van der Waals surface area (Å²) in [5.41, 5.74) is 1.82. The van der Waals surface area contributed by atoms with E-state index in [-0.39, 0.29) is 11.5 Å². The van der Waals surface area contributed by atoms with Crippen LogP contribution in [0.25, 0.3) is 11.7 Å². The molecule has 4 rings (SSSR count). The minimum Gasteiger partial charge on any atom is -0.383 e. The Balaban J connectivity index is 1.84. The normalized spacial score (nSPS) is 18.8. The molecular weight excluding hydrogens is 440 g/mol. The van der Waals surface area contributed by atoms with Crippen molar-refractivity contribution in [2.45, 2.75) is 6.92 Å². The van der Waals surface area contributed by atoms with Crippen LogP contribution in [0.3, 0.4) is 0 Å². The summed E-state index contributed by atoms with van der Waals surface area (Å²) in [7, 11) is 1.58. The molecule has 0 aromatic carbocycles. The van der Waals surface area contributed by atoms with E-state index in [1.807, 2.05) is 30.8 Å². The first-order valence-corrected chi connectivity index (χ1v) is 12.0. The largest absolute Gasteiger partial charge is 0.383 e. The second-order valence-electron chi connectivity index (χ2n) is 6.96. The number of fused-ring (bicyclic) bond motifs is 1. The zero-order valence-electron chi connectivity index (χ0n) is 16.8. The number of thiocarbonyl (C=S) groups is 1. The van der Waals surface area contributed by atoms with Crippen molar-refractivity contribution in [2.24, 2.45) is 0 Å². The summed E-state index contributed by atoms with van der Waals surface area (Å²) in [6, 6.07) is 3.77. The van der Waals surface area contributed by atoms with E-state index in [4.69, 9.17) is 21.9 Å². The number of methoxy groups -OCH3 is 1. The predicted octanol–water partition coefficient (Wildman–Crippen LogP) is 2.40. The van der Waals surface area contributed by atoms with Crippen LogP contribution >= 0.6 is 35.7 Å². The highest BCUT2D eigenvalue weighted by atomic mass is 32.2. The van der Waals surface area contributed by atoms with Gasteiger partial charge in [-0.15, -0.1) is 0 Å². The molecule has 2 aromatic rings. The van der Waals surface area contributed by atoms with Crippen molar-refractivity contribution >= 4 is 63.5 Å². The summed E-state index contributed by atoms with van der Waals surface area (Å²) >= 11 is 8.47. The van der Waals surface area contributed by atoms with Crippen LogP contribution < -0.4 is 10.5 Å². The molecular formula is C20H22N4O3S3. The molecule has 2 aliphatic rings. The van der Waals surface area contributed by atoms with Crippen LogP contribution in [0.1, 0.15) is 11.1 Å². The number of pyridine rings is 1. The van der Waals surface area contributed by atoms with Crippen molar-refractivity contribution in [3.8, 4) is 0 Å². The molecule has 2 fully saturated rings. The smallest absolute Gasteiger partial charge is 0.267 e. The molecule has 0 radical (unpaired) electrons. The molecule has 2 aliphatic heterocycles. The van der Waals surface area contributed by atoms with Gasteiger partial charge >= 0.3 is 0 Å². The second-order valence-corrected chi connectivity index (χ2v) is 9.87. The van der Waals surface area contributed by atoms with Crippen molar-refractivity contribution in [1.82, 2.24) is 14.3 Å². The third kappa shape index (κ3) is 4.01. The maximum atomic E-state index is 13.4. The Morgan fingerprint density at radius 2 is 2.07 bits per heavy atom.